The zero-order valence-electron chi connectivity index (χ0n) is 7.57. The lowest BCUT2D eigenvalue weighted by Gasteiger charge is -2.10. The number of aliphatic hydroxyl groups is 1. The number of rotatable bonds is 2. The molecule has 1 aromatic carbocycles. The van der Waals surface area contributed by atoms with Crippen LogP contribution in [0.1, 0.15) is 17.4 Å². The number of benzene rings is 1. The average Bonchev–Trinajstić information content (AvgIpc) is 2.70. The van der Waals surface area contributed by atoms with Gasteiger partial charge in [0.25, 0.3) is 0 Å². The van der Waals surface area contributed by atoms with E-state index in [1.54, 1.807) is 0 Å². The highest BCUT2D eigenvalue weighted by Gasteiger charge is 2.18. The summed E-state index contributed by atoms with van der Waals surface area (Å²) < 4.78 is 11.6. The third kappa shape index (κ3) is 1.98. The normalized spacial score (nSPS) is 17.6. The minimum Gasteiger partial charge on any atom is -0.392 e. The molecule has 1 fully saturated rings. The molecule has 1 heterocycles. The summed E-state index contributed by atoms with van der Waals surface area (Å²) in [5.41, 5.74) is 1.85. The van der Waals surface area contributed by atoms with E-state index in [0.717, 1.165) is 15.6 Å². The van der Waals surface area contributed by atoms with Crippen LogP contribution >= 0.6 is 15.9 Å². The molecule has 1 aromatic rings. The van der Waals surface area contributed by atoms with Gasteiger partial charge in [0.2, 0.25) is 0 Å². The quantitative estimate of drug-likeness (QED) is 0.882. The van der Waals surface area contributed by atoms with Crippen molar-refractivity contribution in [2.24, 2.45) is 0 Å². The third-order valence-electron chi connectivity index (χ3n) is 2.14. The van der Waals surface area contributed by atoms with Crippen LogP contribution in [0.2, 0.25) is 0 Å². The van der Waals surface area contributed by atoms with Gasteiger partial charge < -0.3 is 14.6 Å². The molecule has 2 rings (SSSR count). The topological polar surface area (TPSA) is 38.7 Å². The van der Waals surface area contributed by atoms with Gasteiger partial charge in [0, 0.05) is 10.0 Å². The maximum Gasteiger partial charge on any atom is 0.184 e. The van der Waals surface area contributed by atoms with Gasteiger partial charge in [-0.1, -0.05) is 28.1 Å². The molecule has 1 N–H and O–H groups in total. The van der Waals surface area contributed by atoms with Gasteiger partial charge in [0.15, 0.2) is 6.29 Å². The summed E-state index contributed by atoms with van der Waals surface area (Å²) in [6.45, 7) is 1.32. The van der Waals surface area contributed by atoms with Crippen molar-refractivity contribution < 1.29 is 14.6 Å². The summed E-state index contributed by atoms with van der Waals surface area (Å²) in [5.74, 6) is 0. The van der Waals surface area contributed by atoms with E-state index in [2.05, 4.69) is 15.9 Å². The molecule has 1 aliphatic heterocycles. The first-order chi connectivity index (χ1) is 6.81. The van der Waals surface area contributed by atoms with Gasteiger partial charge in [-0.3, -0.25) is 0 Å². The molecule has 76 valence electrons. The summed E-state index contributed by atoms with van der Waals surface area (Å²) in [4.78, 5) is 0. The Labute approximate surface area is 90.8 Å². The highest BCUT2D eigenvalue weighted by Crippen LogP contribution is 2.27. The van der Waals surface area contributed by atoms with E-state index in [1.165, 1.54) is 0 Å². The van der Waals surface area contributed by atoms with Crippen molar-refractivity contribution in [2.45, 2.75) is 12.9 Å². The van der Waals surface area contributed by atoms with Gasteiger partial charge in [0.1, 0.15) is 0 Å². The lowest BCUT2D eigenvalue weighted by Crippen LogP contribution is -1.98. The maximum atomic E-state index is 8.98. The Balaban J connectivity index is 2.23. The number of hydrogen-bond donors (Lipinski definition) is 1. The van der Waals surface area contributed by atoms with Crippen molar-refractivity contribution in [3.63, 3.8) is 0 Å². The zero-order valence-corrected chi connectivity index (χ0v) is 9.16. The van der Waals surface area contributed by atoms with Crippen LogP contribution in [0.15, 0.2) is 22.7 Å². The van der Waals surface area contributed by atoms with Crippen molar-refractivity contribution in [1.82, 2.24) is 0 Å². The van der Waals surface area contributed by atoms with Crippen LogP contribution in [-0.2, 0) is 16.1 Å². The Morgan fingerprint density at radius 2 is 2.07 bits per heavy atom. The average molecular weight is 259 g/mol. The van der Waals surface area contributed by atoms with Crippen molar-refractivity contribution in [2.75, 3.05) is 13.2 Å². The summed E-state index contributed by atoms with van der Waals surface area (Å²) in [5, 5.41) is 8.98. The predicted octanol–water partition coefficient (Wildman–Crippen LogP) is 1.99. The van der Waals surface area contributed by atoms with Crippen LogP contribution in [-0.4, -0.2) is 18.3 Å². The number of hydrogen-bond acceptors (Lipinski definition) is 3. The van der Waals surface area contributed by atoms with E-state index in [4.69, 9.17) is 14.6 Å². The number of aliphatic hydroxyl groups excluding tert-OH is 1. The summed E-state index contributed by atoms with van der Waals surface area (Å²) in [7, 11) is 0. The summed E-state index contributed by atoms with van der Waals surface area (Å²) in [6.07, 6.45) is -0.251. The van der Waals surface area contributed by atoms with Gasteiger partial charge in [-0.2, -0.15) is 0 Å². The van der Waals surface area contributed by atoms with Crippen LogP contribution in [0.4, 0.5) is 0 Å². The van der Waals surface area contributed by atoms with E-state index in [-0.39, 0.29) is 12.9 Å². The molecular formula is C10H11BrO3. The Hall–Kier alpha value is -0.420. The van der Waals surface area contributed by atoms with Gasteiger partial charge >= 0.3 is 0 Å². The number of halogens is 1. The SMILES string of the molecule is OCc1ccc(C2OCCO2)cc1Br. The second-order valence-corrected chi connectivity index (χ2v) is 3.94. The zero-order chi connectivity index (χ0) is 9.97. The largest absolute Gasteiger partial charge is 0.392 e. The smallest absolute Gasteiger partial charge is 0.184 e. The predicted molar refractivity (Wildman–Crippen MR) is 54.7 cm³/mol. The highest BCUT2D eigenvalue weighted by atomic mass is 79.9. The highest BCUT2D eigenvalue weighted by molar-refractivity contribution is 9.10. The Morgan fingerprint density at radius 3 is 2.64 bits per heavy atom. The first-order valence-electron chi connectivity index (χ1n) is 4.43. The van der Waals surface area contributed by atoms with E-state index in [9.17, 15) is 0 Å². The molecule has 0 bridgehead atoms. The molecule has 0 atom stereocenters. The minimum atomic E-state index is -0.251. The van der Waals surface area contributed by atoms with Crippen molar-refractivity contribution in [1.29, 1.82) is 0 Å². The second kappa shape index (κ2) is 4.40. The van der Waals surface area contributed by atoms with Crippen LogP contribution < -0.4 is 0 Å². The molecule has 14 heavy (non-hydrogen) atoms. The third-order valence-corrected chi connectivity index (χ3v) is 2.88. The van der Waals surface area contributed by atoms with Crippen LogP contribution in [0, 0.1) is 0 Å². The summed E-state index contributed by atoms with van der Waals surface area (Å²) in [6, 6.07) is 5.69. The van der Waals surface area contributed by atoms with Crippen molar-refractivity contribution in [3.8, 4) is 0 Å². The first-order valence-corrected chi connectivity index (χ1v) is 5.23. The Morgan fingerprint density at radius 1 is 1.36 bits per heavy atom. The van der Waals surface area contributed by atoms with Crippen LogP contribution in [0.25, 0.3) is 0 Å². The second-order valence-electron chi connectivity index (χ2n) is 3.08. The lowest BCUT2D eigenvalue weighted by atomic mass is 10.1. The molecule has 0 amide bonds. The lowest BCUT2D eigenvalue weighted by molar-refractivity contribution is -0.0441. The van der Waals surface area contributed by atoms with E-state index < -0.39 is 0 Å². The molecule has 0 unspecified atom stereocenters. The fourth-order valence-electron chi connectivity index (χ4n) is 1.39. The molecule has 0 aromatic heterocycles. The molecule has 1 saturated heterocycles. The van der Waals surface area contributed by atoms with E-state index in [0.29, 0.717) is 13.2 Å². The Bertz CT molecular complexity index is 321. The van der Waals surface area contributed by atoms with E-state index >= 15 is 0 Å². The molecule has 4 heteroatoms. The first kappa shape index (κ1) is 10.1. The van der Waals surface area contributed by atoms with Crippen LogP contribution in [0.5, 0.6) is 0 Å². The van der Waals surface area contributed by atoms with Crippen LogP contribution in [0.3, 0.4) is 0 Å². The van der Waals surface area contributed by atoms with Gasteiger partial charge in [-0.05, 0) is 11.6 Å². The number of ether oxygens (including phenoxy) is 2. The van der Waals surface area contributed by atoms with Crippen molar-refractivity contribution >= 4 is 15.9 Å². The van der Waals surface area contributed by atoms with Gasteiger partial charge in [0.05, 0.1) is 19.8 Å². The maximum absolute atomic E-state index is 8.98. The van der Waals surface area contributed by atoms with E-state index in [1.807, 2.05) is 18.2 Å². The fourth-order valence-corrected chi connectivity index (χ4v) is 1.91. The molecule has 0 radical (unpaired) electrons. The van der Waals surface area contributed by atoms with Crippen molar-refractivity contribution in [3.05, 3.63) is 33.8 Å². The minimum absolute atomic E-state index is 0.0350. The molecule has 0 saturated carbocycles. The van der Waals surface area contributed by atoms with Gasteiger partial charge in [-0.15, -0.1) is 0 Å². The van der Waals surface area contributed by atoms with Gasteiger partial charge in [-0.25, -0.2) is 0 Å². The molecule has 1 aliphatic rings. The Kier molecular flexibility index (Phi) is 3.18. The molecular weight excluding hydrogens is 248 g/mol. The molecule has 0 spiro atoms. The molecule has 3 nitrogen and oxygen atoms in total. The standard InChI is InChI=1S/C10H11BrO3/c11-9-5-7(1-2-8(9)6-12)10-13-3-4-14-10/h1-2,5,10,12H,3-4,6H2. The molecule has 0 aliphatic carbocycles. The fraction of sp³-hybridized carbons (Fsp3) is 0.400. The summed E-state index contributed by atoms with van der Waals surface area (Å²) >= 11 is 3.38. The monoisotopic (exact) mass is 258 g/mol.